The summed E-state index contributed by atoms with van der Waals surface area (Å²) in [6, 6.07) is 18.6. The van der Waals surface area contributed by atoms with Gasteiger partial charge in [-0.05, 0) is 61.8 Å². The maximum Gasteiger partial charge on any atom is 0.330 e. The van der Waals surface area contributed by atoms with Crippen LogP contribution in [0.4, 0.5) is 0 Å². The van der Waals surface area contributed by atoms with E-state index in [0.717, 1.165) is 31.4 Å². The molecule has 26 heavy (non-hydrogen) atoms. The third-order valence-electron chi connectivity index (χ3n) is 4.84. The fourth-order valence-corrected chi connectivity index (χ4v) is 3.39. The Labute approximate surface area is 155 Å². The minimum Gasteiger partial charge on any atom is -0.489 e. The number of rotatable bonds is 6. The van der Waals surface area contributed by atoms with Crippen molar-refractivity contribution in [3.63, 3.8) is 0 Å². The molecule has 3 nitrogen and oxygen atoms in total. The Morgan fingerprint density at radius 3 is 2.38 bits per heavy atom. The normalized spacial score (nSPS) is 16.8. The van der Waals surface area contributed by atoms with Crippen molar-refractivity contribution in [3.05, 3.63) is 77.4 Å². The molecule has 0 spiro atoms. The lowest BCUT2D eigenvalue weighted by Crippen LogP contribution is -2.09. The summed E-state index contributed by atoms with van der Waals surface area (Å²) in [5.41, 5.74) is 3.74. The van der Waals surface area contributed by atoms with Crippen molar-refractivity contribution >= 4 is 5.97 Å². The molecule has 1 aliphatic rings. The number of hydrogen-bond donors (Lipinski definition) is 0. The Morgan fingerprint density at radius 2 is 1.73 bits per heavy atom. The number of esters is 1. The van der Waals surface area contributed by atoms with Gasteiger partial charge in [0.1, 0.15) is 12.4 Å². The molecule has 136 valence electrons. The van der Waals surface area contributed by atoms with E-state index in [1.165, 1.54) is 16.7 Å². The molecule has 0 heterocycles. The second kappa shape index (κ2) is 9.23. The summed E-state index contributed by atoms with van der Waals surface area (Å²) in [7, 11) is 0. The number of hydrogen-bond acceptors (Lipinski definition) is 3. The maximum atomic E-state index is 11.6. The summed E-state index contributed by atoms with van der Waals surface area (Å²) in [6.07, 6.45) is 5.77. The van der Waals surface area contributed by atoms with Crippen LogP contribution in [0.2, 0.25) is 0 Å². The van der Waals surface area contributed by atoms with Gasteiger partial charge in [0, 0.05) is 6.08 Å². The number of allylic oxidation sites excluding steroid dienone is 1. The van der Waals surface area contributed by atoms with Gasteiger partial charge in [-0.1, -0.05) is 48.0 Å². The third-order valence-corrected chi connectivity index (χ3v) is 4.84. The Hall–Kier alpha value is -2.55. The van der Waals surface area contributed by atoms with Crippen LogP contribution in [0.5, 0.6) is 5.75 Å². The smallest absolute Gasteiger partial charge is 0.330 e. The van der Waals surface area contributed by atoms with Crippen LogP contribution in [0.15, 0.2) is 66.2 Å². The second-order valence-corrected chi connectivity index (χ2v) is 6.67. The minimum absolute atomic E-state index is 0.208. The van der Waals surface area contributed by atoms with Crippen LogP contribution < -0.4 is 4.74 Å². The highest BCUT2D eigenvalue weighted by Crippen LogP contribution is 2.36. The van der Waals surface area contributed by atoms with Gasteiger partial charge in [0.25, 0.3) is 0 Å². The second-order valence-electron chi connectivity index (χ2n) is 6.67. The van der Waals surface area contributed by atoms with Gasteiger partial charge in [0.05, 0.1) is 6.61 Å². The Morgan fingerprint density at radius 1 is 1.04 bits per heavy atom. The third kappa shape index (κ3) is 5.22. The molecule has 2 aromatic rings. The average Bonchev–Trinajstić information content (AvgIpc) is 2.68. The van der Waals surface area contributed by atoms with Crippen LogP contribution >= 0.6 is 0 Å². The summed E-state index contributed by atoms with van der Waals surface area (Å²) in [5, 5.41) is 0. The fraction of sp³-hybridized carbons (Fsp3) is 0.348. The molecule has 1 saturated carbocycles. The van der Waals surface area contributed by atoms with Gasteiger partial charge in [-0.15, -0.1) is 0 Å². The number of carbonyl (C=O) groups excluding carboxylic acids is 1. The van der Waals surface area contributed by atoms with E-state index < -0.39 is 0 Å². The molecule has 0 radical (unpaired) electrons. The molecule has 0 atom stereocenters. The molecule has 0 aromatic heterocycles. The van der Waals surface area contributed by atoms with Crippen LogP contribution in [-0.2, 0) is 16.1 Å². The highest BCUT2D eigenvalue weighted by Gasteiger charge is 2.19. The molecule has 3 rings (SSSR count). The van der Waals surface area contributed by atoms with Crippen molar-refractivity contribution < 1.29 is 14.3 Å². The summed E-state index contributed by atoms with van der Waals surface area (Å²) in [4.78, 5) is 11.6. The number of carbonyl (C=O) groups is 1. The summed E-state index contributed by atoms with van der Waals surface area (Å²) in [6.45, 7) is 2.86. The van der Waals surface area contributed by atoms with Gasteiger partial charge < -0.3 is 9.47 Å². The number of ether oxygens (including phenoxy) is 2. The molecule has 0 aliphatic heterocycles. The first kappa shape index (κ1) is 18.2. The quantitative estimate of drug-likeness (QED) is 0.516. The summed E-state index contributed by atoms with van der Waals surface area (Å²) in [5.74, 6) is 1.25. The Bertz CT molecular complexity index is 722. The predicted octanol–water partition coefficient (Wildman–Crippen LogP) is 5.41. The van der Waals surface area contributed by atoms with Crippen molar-refractivity contribution in [2.45, 2.75) is 45.1 Å². The molecule has 0 bridgehead atoms. The van der Waals surface area contributed by atoms with E-state index in [9.17, 15) is 4.79 Å². The van der Waals surface area contributed by atoms with Gasteiger partial charge in [0.2, 0.25) is 0 Å². The van der Waals surface area contributed by atoms with Gasteiger partial charge >= 0.3 is 5.97 Å². The van der Waals surface area contributed by atoms with Gasteiger partial charge in [-0.25, -0.2) is 4.79 Å². The van der Waals surface area contributed by atoms with Crippen LogP contribution in [0.1, 0.15) is 49.7 Å². The van der Waals surface area contributed by atoms with E-state index in [2.05, 4.69) is 36.4 Å². The molecule has 1 aliphatic carbocycles. The summed E-state index contributed by atoms with van der Waals surface area (Å²) < 4.78 is 10.9. The molecule has 0 N–H and O–H groups in total. The highest BCUT2D eigenvalue weighted by molar-refractivity contribution is 5.82. The first-order chi connectivity index (χ1) is 12.7. The van der Waals surface area contributed by atoms with Gasteiger partial charge in [0.15, 0.2) is 0 Å². The van der Waals surface area contributed by atoms with Crippen LogP contribution in [-0.4, -0.2) is 12.6 Å². The molecule has 3 heteroatoms. The summed E-state index contributed by atoms with van der Waals surface area (Å²) >= 11 is 0. The van der Waals surface area contributed by atoms with E-state index >= 15 is 0 Å². The van der Waals surface area contributed by atoms with Crippen molar-refractivity contribution in [2.24, 2.45) is 0 Å². The molecule has 0 unspecified atom stereocenters. The first-order valence-electron chi connectivity index (χ1n) is 9.37. The van der Waals surface area contributed by atoms with Crippen LogP contribution in [0.25, 0.3) is 0 Å². The lowest BCUT2D eigenvalue weighted by molar-refractivity contribution is -0.137. The maximum absolute atomic E-state index is 11.6. The minimum atomic E-state index is -0.208. The predicted molar refractivity (Wildman–Crippen MR) is 103 cm³/mol. The lowest BCUT2D eigenvalue weighted by atomic mass is 9.81. The van der Waals surface area contributed by atoms with Crippen LogP contribution in [0, 0.1) is 0 Å². The van der Waals surface area contributed by atoms with Crippen molar-refractivity contribution in [1.82, 2.24) is 0 Å². The van der Waals surface area contributed by atoms with Crippen molar-refractivity contribution in [3.8, 4) is 5.75 Å². The van der Waals surface area contributed by atoms with Crippen molar-refractivity contribution in [2.75, 3.05) is 6.61 Å². The van der Waals surface area contributed by atoms with E-state index in [0.29, 0.717) is 19.1 Å². The monoisotopic (exact) mass is 350 g/mol. The molecular weight excluding hydrogens is 324 g/mol. The fourth-order valence-electron chi connectivity index (χ4n) is 3.39. The average molecular weight is 350 g/mol. The lowest BCUT2D eigenvalue weighted by Gasteiger charge is -2.24. The largest absolute Gasteiger partial charge is 0.489 e. The zero-order chi connectivity index (χ0) is 18.2. The molecule has 0 saturated heterocycles. The molecular formula is C23H26O3. The number of benzene rings is 2. The standard InChI is InChI=1S/C23H26O3/c1-2-25-23(24)16-18-8-10-20(11-9-18)21-12-14-22(15-13-21)26-17-19-6-4-3-5-7-19/h3-7,12-16,20H,2,8-11,17H2,1H3. The van der Waals surface area contributed by atoms with E-state index in [4.69, 9.17) is 9.47 Å². The SMILES string of the molecule is CCOC(=O)C=C1CCC(c2ccc(OCc3ccccc3)cc2)CC1. The van der Waals surface area contributed by atoms with Crippen molar-refractivity contribution in [1.29, 1.82) is 0 Å². The van der Waals surface area contributed by atoms with Crippen LogP contribution in [0.3, 0.4) is 0 Å². The zero-order valence-electron chi connectivity index (χ0n) is 15.3. The zero-order valence-corrected chi connectivity index (χ0v) is 15.3. The van der Waals surface area contributed by atoms with E-state index in [1.54, 1.807) is 6.08 Å². The Balaban J connectivity index is 1.51. The molecule has 0 amide bonds. The van der Waals surface area contributed by atoms with Gasteiger partial charge in [-0.3, -0.25) is 0 Å². The highest BCUT2D eigenvalue weighted by atomic mass is 16.5. The van der Waals surface area contributed by atoms with E-state index in [-0.39, 0.29) is 5.97 Å². The molecule has 2 aromatic carbocycles. The first-order valence-corrected chi connectivity index (χ1v) is 9.37. The van der Waals surface area contributed by atoms with E-state index in [1.807, 2.05) is 25.1 Å². The topological polar surface area (TPSA) is 35.5 Å². The Kier molecular flexibility index (Phi) is 6.48. The molecule has 1 fully saturated rings. The van der Waals surface area contributed by atoms with Gasteiger partial charge in [-0.2, -0.15) is 0 Å².